The van der Waals surface area contributed by atoms with Gasteiger partial charge in [0.15, 0.2) is 0 Å². The van der Waals surface area contributed by atoms with Crippen LogP contribution in [0.25, 0.3) is 0 Å². The van der Waals surface area contributed by atoms with E-state index in [2.05, 4.69) is 5.10 Å². The van der Waals surface area contributed by atoms with Gasteiger partial charge in [-0.3, -0.25) is 4.68 Å². The summed E-state index contributed by atoms with van der Waals surface area (Å²) in [4.78, 5) is 0. The molecule has 1 aliphatic rings. The molecule has 0 saturated heterocycles. The molecule has 1 atom stereocenters. The molecular formula is C6H5BF5KN2. The molecule has 1 aliphatic carbocycles. The molecule has 0 bridgehead atoms. The van der Waals surface area contributed by atoms with Crippen LogP contribution in [0.2, 0.25) is 0 Å². The average Bonchev–Trinajstić information content (AvgIpc) is 2.48. The standard InChI is InChI=1S/C6H5BF5N2.K/c8-6(9)3-4(6)14-2-1-5(13-14)7(10,11)12;/h1-2,4H,3H2;/q-1;+1. The van der Waals surface area contributed by atoms with E-state index < -0.39 is 31.0 Å². The second-order valence-corrected chi connectivity index (χ2v) is 3.28. The zero-order valence-electron chi connectivity index (χ0n) is 7.80. The predicted octanol–water partition coefficient (Wildman–Crippen LogP) is -1.48. The van der Waals surface area contributed by atoms with Crippen molar-refractivity contribution in [3.8, 4) is 0 Å². The summed E-state index contributed by atoms with van der Waals surface area (Å²) in [6.45, 7) is -5.19. The number of hydrogen-bond acceptors (Lipinski definition) is 1. The molecule has 1 fully saturated rings. The van der Waals surface area contributed by atoms with Crippen LogP contribution in [-0.2, 0) is 0 Å². The number of rotatable bonds is 2. The Morgan fingerprint density at radius 3 is 2.27 bits per heavy atom. The average molecular weight is 250 g/mol. The quantitative estimate of drug-likeness (QED) is 0.462. The molecule has 0 N–H and O–H groups in total. The van der Waals surface area contributed by atoms with Gasteiger partial charge in [0.2, 0.25) is 0 Å². The molecule has 0 radical (unpaired) electrons. The van der Waals surface area contributed by atoms with Gasteiger partial charge in [0.25, 0.3) is 5.92 Å². The van der Waals surface area contributed by atoms with Crippen molar-refractivity contribution in [2.45, 2.75) is 18.4 Å². The third-order valence-corrected chi connectivity index (χ3v) is 2.08. The summed E-state index contributed by atoms with van der Waals surface area (Å²) in [5, 5.41) is 3.08. The fourth-order valence-electron chi connectivity index (χ4n) is 1.19. The van der Waals surface area contributed by atoms with Gasteiger partial charge in [-0.2, -0.15) is 0 Å². The first-order valence-corrected chi connectivity index (χ1v) is 3.93. The van der Waals surface area contributed by atoms with Crippen molar-refractivity contribution in [1.29, 1.82) is 0 Å². The van der Waals surface area contributed by atoms with Crippen LogP contribution in [0, 0.1) is 0 Å². The van der Waals surface area contributed by atoms with Gasteiger partial charge < -0.3 is 12.9 Å². The van der Waals surface area contributed by atoms with Crippen molar-refractivity contribution >= 4 is 12.6 Å². The fourth-order valence-corrected chi connectivity index (χ4v) is 1.19. The van der Waals surface area contributed by atoms with Crippen molar-refractivity contribution in [1.82, 2.24) is 9.78 Å². The summed E-state index contributed by atoms with van der Waals surface area (Å²) in [6, 6.07) is -0.483. The Kier molecular flexibility index (Phi) is 3.72. The molecule has 9 heteroatoms. The first-order chi connectivity index (χ1) is 6.31. The second-order valence-electron chi connectivity index (χ2n) is 3.28. The summed E-state index contributed by atoms with van der Waals surface area (Å²) in [5.74, 6) is -2.90. The molecule has 1 aromatic heterocycles. The molecule has 1 aromatic rings. The summed E-state index contributed by atoms with van der Waals surface area (Å²) in [7, 11) is 0. The Morgan fingerprint density at radius 1 is 1.40 bits per heavy atom. The zero-order valence-corrected chi connectivity index (χ0v) is 10.9. The zero-order chi connectivity index (χ0) is 10.6. The molecule has 0 aromatic carbocycles. The van der Waals surface area contributed by atoms with Crippen molar-refractivity contribution in [3.05, 3.63) is 12.3 Å². The molecule has 1 heterocycles. The van der Waals surface area contributed by atoms with E-state index in [0.29, 0.717) is 10.7 Å². The molecule has 0 spiro atoms. The number of halogens is 5. The minimum Gasteiger partial charge on any atom is -0.444 e. The van der Waals surface area contributed by atoms with Gasteiger partial charge in [0.05, 0.1) is 0 Å². The van der Waals surface area contributed by atoms with Crippen molar-refractivity contribution in [2.75, 3.05) is 0 Å². The second kappa shape index (κ2) is 4.10. The molecule has 1 unspecified atom stereocenters. The first kappa shape index (κ1) is 13.6. The Bertz CT molecular complexity index is 363. The van der Waals surface area contributed by atoms with Gasteiger partial charge in [-0.1, -0.05) is 6.07 Å². The first-order valence-electron chi connectivity index (χ1n) is 3.93. The van der Waals surface area contributed by atoms with E-state index in [-0.39, 0.29) is 51.4 Å². The van der Waals surface area contributed by atoms with E-state index in [1.54, 1.807) is 0 Å². The molecular weight excluding hydrogens is 245 g/mol. The molecule has 2 nitrogen and oxygen atoms in total. The number of alkyl halides is 2. The SMILES string of the molecule is F[B-](F)(F)c1ccn(C2CC2(F)F)n1.[K+]. The summed E-state index contributed by atoms with van der Waals surface area (Å²) in [5.41, 5.74) is -1.08. The number of hydrogen-bond donors (Lipinski definition) is 0. The van der Waals surface area contributed by atoms with Gasteiger partial charge in [-0.25, -0.2) is 13.9 Å². The topological polar surface area (TPSA) is 17.8 Å². The molecule has 2 rings (SSSR count). The van der Waals surface area contributed by atoms with Gasteiger partial charge in [0, 0.05) is 18.2 Å². The van der Waals surface area contributed by atoms with E-state index in [1.165, 1.54) is 0 Å². The Balaban J connectivity index is 0.00000112. The Morgan fingerprint density at radius 2 is 1.93 bits per heavy atom. The van der Waals surface area contributed by atoms with Gasteiger partial charge in [-0.05, 0) is 0 Å². The van der Waals surface area contributed by atoms with Crippen LogP contribution >= 0.6 is 0 Å². The molecule has 0 amide bonds. The van der Waals surface area contributed by atoms with Crippen LogP contribution < -0.4 is 57.0 Å². The van der Waals surface area contributed by atoms with Crippen LogP contribution in [0.1, 0.15) is 12.5 Å². The van der Waals surface area contributed by atoms with Crippen LogP contribution in [-0.4, -0.2) is 22.7 Å². The third-order valence-electron chi connectivity index (χ3n) is 2.08. The van der Waals surface area contributed by atoms with E-state index in [4.69, 9.17) is 0 Å². The summed E-state index contributed by atoms with van der Waals surface area (Å²) in [6.07, 6.45) is 0.509. The van der Waals surface area contributed by atoms with Gasteiger partial charge in [-0.15, -0.1) is 0 Å². The van der Waals surface area contributed by atoms with Crippen molar-refractivity contribution in [3.63, 3.8) is 0 Å². The molecule has 0 aliphatic heterocycles. The smallest absolute Gasteiger partial charge is 0.444 e. The van der Waals surface area contributed by atoms with Crippen LogP contribution in [0.5, 0.6) is 0 Å². The number of aromatic nitrogens is 2. The summed E-state index contributed by atoms with van der Waals surface area (Å²) < 4.78 is 61.8. The Hall–Kier alpha value is 0.561. The Labute approximate surface area is 125 Å². The van der Waals surface area contributed by atoms with Gasteiger partial charge >= 0.3 is 58.4 Å². The maximum atomic E-state index is 12.5. The minimum absolute atomic E-state index is 0. The largest absolute Gasteiger partial charge is 1.00 e. The van der Waals surface area contributed by atoms with E-state index in [9.17, 15) is 21.7 Å². The summed E-state index contributed by atoms with van der Waals surface area (Å²) >= 11 is 0. The minimum atomic E-state index is -5.19. The maximum absolute atomic E-state index is 12.5. The van der Waals surface area contributed by atoms with E-state index >= 15 is 0 Å². The number of nitrogens with zero attached hydrogens (tertiary/aromatic N) is 2. The molecule has 78 valence electrons. The monoisotopic (exact) mass is 250 g/mol. The third kappa shape index (κ3) is 2.82. The predicted molar refractivity (Wildman–Crippen MR) is 39.5 cm³/mol. The van der Waals surface area contributed by atoms with Gasteiger partial charge in [0.1, 0.15) is 6.04 Å². The maximum Gasteiger partial charge on any atom is 1.00 e. The van der Waals surface area contributed by atoms with Crippen molar-refractivity contribution in [2.24, 2.45) is 0 Å². The van der Waals surface area contributed by atoms with E-state index in [0.717, 1.165) is 6.20 Å². The van der Waals surface area contributed by atoms with Crippen LogP contribution in [0.4, 0.5) is 21.7 Å². The van der Waals surface area contributed by atoms with E-state index in [1.807, 2.05) is 0 Å². The normalized spacial score (nSPS) is 23.4. The molecule has 1 saturated carbocycles. The van der Waals surface area contributed by atoms with Crippen molar-refractivity contribution < 1.29 is 73.1 Å². The van der Waals surface area contributed by atoms with Crippen LogP contribution in [0.15, 0.2) is 12.3 Å². The fraction of sp³-hybridized carbons (Fsp3) is 0.500. The van der Waals surface area contributed by atoms with Crippen LogP contribution in [0.3, 0.4) is 0 Å². The molecule has 15 heavy (non-hydrogen) atoms.